The molecule has 1 aromatic carbocycles. The Hall–Kier alpha value is -1.16. The number of benzene rings is 1. The first-order chi connectivity index (χ1) is 10.0. The van der Waals surface area contributed by atoms with Gasteiger partial charge in [-0.1, -0.05) is 31.7 Å². The van der Waals surface area contributed by atoms with Crippen molar-refractivity contribution in [1.29, 1.82) is 0 Å². The Morgan fingerprint density at radius 3 is 3.00 bits per heavy atom. The van der Waals surface area contributed by atoms with E-state index in [9.17, 15) is 4.79 Å². The fraction of sp³-hybridized carbons (Fsp3) is 0.385. The maximum Gasteiger partial charge on any atom is 0.234 e. The highest BCUT2D eigenvalue weighted by Gasteiger charge is 2.11. The summed E-state index contributed by atoms with van der Waals surface area (Å²) >= 11 is 3.55. The highest BCUT2D eigenvalue weighted by Crippen LogP contribution is 2.16. The van der Waals surface area contributed by atoms with Crippen LogP contribution in [0.3, 0.4) is 0 Å². The molecule has 1 heterocycles. The molecule has 0 unspecified atom stereocenters. The summed E-state index contributed by atoms with van der Waals surface area (Å²) in [7, 11) is 0. The Bertz CT molecular complexity index is 616. The number of nitrogens with one attached hydrogen (secondary N) is 1. The van der Waals surface area contributed by atoms with E-state index in [1.165, 1.54) is 11.8 Å². The van der Waals surface area contributed by atoms with Gasteiger partial charge in [-0.05, 0) is 57.1 Å². The van der Waals surface area contributed by atoms with Crippen LogP contribution in [0.15, 0.2) is 29.4 Å². The summed E-state index contributed by atoms with van der Waals surface area (Å²) in [4.78, 5) is 11.9. The molecule has 0 fully saturated rings. The molecule has 1 aromatic heterocycles. The third-order valence-corrected chi connectivity index (χ3v) is 4.11. The van der Waals surface area contributed by atoms with E-state index < -0.39 is 0 Å². The number of aromatic nitrogens is 4. The lowest BCUT2D eigenvalue weighted by molar-refractivity contribution is -0.113. The van der Waals surface area contributed by atoms with Gasteiger partial charge < -0.3 is 5.32 Å². The average Bonchev–Trinajstić information content (AvgIpc) is 2.83. The molecule has 1 N–H and O–H groups in total. The van der Waals surface area contributed by atoms with Crippen LogP contribution in [0.1, 0.15) is 13.8 Å². The van der Waals surface area contributed by atoms with Gasteiger partial charge in [-0.3, -0.25) is 4.79 Å². The van der Waals surface area contributed by atoms with Crippen molar-refractivity contribution in [3.8, 4) is 0 Å². The molecule has 6 nitrogen and oxygen atoms in total. The zero-order chi connectivity index (χ0) is 15.2. The van der Waals surface area contributed by atoms with Gasteiger partial charge in [0, 0.05) is 15.8 Å². The highest BCUT2D eigenvalue weighted by atomic mass is 127. The monoisotopic (exact) mass is 417 g/mol. The number of halogens is 1. The Kier molecular flexibility index (Phi) is 5.97. The van der Waals surface area contributed by atoms with Crippen LogP contribution in [0, 0.1) is 9.49 Å². The number of amides is 1. The van der Waals surface area contributed by atoms with Crippen LogP contribution in [-0.4, -0.2) is 31.9 Å². The van der Waals surface area contributed by atoms with Crippen LogP contribution in [0.25, 0.3) is 0 Å². The number of nitrogens with zero attached hydrogens (tertiary/aromatic N) is 4. The minimum atomic E-state index is -0.0684. The first-order valence-electron chi connectivity index (χ1n) is 6.49. The van der Waals surface area contributed by atoms with E-state index in [0.29, 0.717) is 11.1 Å². The summed E-state index contributed by atoms with van der Waals surface area (Å²) < 4.78 is 2.81. The van der Waals surface area contributed by atoms with Crippen LogP contribution in [-0.2, 0) is 11.3 Å². The van der Waals surface area contributed by atoms with E-state index in [-0.39, 0.29) is 11.7 Å². The summed E-state index contributed by atoms with van der Waals surface area (Å²) in [5.41, 5.74) is 0.800. The summed E-state index contributed by atoms with van der Waals surface area (Å²) in [6.45, 7) is 4.94. The number of thioether (sulfide) groups is 1. The maximum atomic E-state index is 11.9. The van der Waals surface area contributed by atoms with Gasteiger partial charge in [-0.25, -0.2) is 4.68 Å². The summed E-state index contributed by atoms with van der Waals surface area (Å²) in [5.74, 6) is 0.665. The molecular formula is C13H16IN5OS. The van der Waals surface area contributed by atoms with Crippen molar-refractivity contribution in [3.05, 3.63) is 27.8 Å². The second-order valence-electron chi connectivity index (χ2n) is 4.88. The number of carbonyl (C=O) groups is 1. The van der Waals surface area contributed by atoms with Crippen molar-refractivity contribution in [2.45, 2.75) is 25.5 Å². The zero-order valence-corrected chi connectivity index (χ0v) is 14.8. The molecule has 1 amide bonds. The van der Waals surface area contributed by atoms with Crippen molar-refractivity contribution >= 4 is 45.9 Å². The molecule has 0 aliphatic heterocycles. The number of anilines is 1. The van der Waals surface area contributed by atoms with Gasteiger partial charge in [-0.2, -0.15) is 0 Å². The van der Waals surface area contributed by atoms with Gasteiger partial charge in [-0.15, -0.1) is 5.10 Å². The predicted molar refractivity (Wildman–Crippen MR) is 91.2 cm³/mol. The van der Waals surface area contributed by atoms with Crippen LogP contribution in [0.4, 0.5) is 5.69 Å². The zero-order valence-electron chi connectivity index (χ0n) is 11.8. The fourth-order valence-electron chi connectivity index (χ4n) is 1.65. The number of hydrogen-bond acceptors (Lipinski definition) is 5. The van der Waals surface area contributed by atoms with E-state index in [1.807, 2.05) is 24.3 Å². The van der Waals surface area contributed by atoms with Gasteiger partial charge >= 0.3 is 0 Å². The second-order valence-corrected chi connectivity index (χ2v) is 7.07. The molecule has 0 saturated heterocycles. The molecule has 0 aliphatic carbocycles. The van der Waals surface area contributed by atoms with Crippen molar-refractivity contribution in [2.24, 2.45) is 5.92 Å². The normalized spacial score (nSPS) is 10.9. The second kappa shape index (κ2) is 7.74. The first-order valence-corrected chi connectivity index (χ1v) is 8.55. The van der Waals surface area contributed by atoms with Gasteiger partial charge in [0.15, 0.2) is 0 Å². The van der Waals surface area contributed by atoms with Gasteiger partial charge in [0.1, 0.15) is 0 Å². The van der Waals surface area contributed by atoms with Gasteiger partial charge in [0.05, 0.1) is 5.75 Å². The lowest BCUT2D eigenvalue weighted by Crippen LogP contribution is -2.15. The van der Waals surface area contributed by atoms with Gasteiger partial charge in [0.2, 0.25) is 11.1 Å². The van der Waals surface area contributed by atoms with Crippen LogP contribution in [0.2, 0.25) is 0 Å². The molecular weight excluding hydrogens is 401 g/mol. The van der Waals surface area contributed by atoms with E-state index in [2.05, 4.69) is 57.3 Å². The van der Waals surface area contributed by atoms with Crippen LogP contribution < -0.4 is 5.32 Å². The summed E-state index contributed by atoms with van der Waals surface area (Å²) in [6.07, 6.45) is 0. The minimum Gasteiger partial charge on any atom is -0.325 e. The van der Waals surface area contributed by atoms with Crippen LogP contribution >= 0.6 is 34.4 Å². The van der Waals surface area contributed by atoms with Crippen molar-refractivity contribution in [1.82, 2.24) is 20.2 Å². The molecule has 21 heavy (non-hydrogen) atoms. The van der Waals surface area contributed by atoms with Gasteiger partial charge in [0.25, 0.3) is 0 Å². The first kappa shape index (κ1) is 16.2. The van der Waals surface area contributed by atoms with Crippen molar-refractivity contribution in [3.63, 3.8) is 0 Å². The standard InChI is InChI=1S/C13H16IN5OS/c1-9(2)7-19-13(16-17-18-19)21-8-12(20)15-11-5-3-4-10(14)6-11/h3-6,9H,7-8H2,1-2H3,(H,15,20). The minimum absolute atomic E-state index is 0.0684. The van der Waals surface area contributed by atoms with Crippen molar-refractivity contribution < 1.29 is 4.79 Å². The highest BCUT2D eigenvalue weighted by molar-refractivity contribution is 14.1. The average molecular weight is 417 g/mol. The van der Waals surface area contributed by atoms with E-state index in [4.69, 9.17) is 0 Å². The third-order valence-electron chi connectivity index (χ3n) is 2.48. The predicted octanol–water partition coefficient (Wildman–Crippen LogP) is 2.66. The SMILES string of the molecule is CC(C)Cn1nnnc1SCC(=O)Nc1cccc(I)c1. The number of tetrazole rings is 1. The molecule has 0 spiro atoms. The molecule has 2 aromatic rings. The van der Waals surface area contributed by atoms with Crippen molar-refractivity contribution in [2.75, 3.05) is 11.1 Å². The molecule has 0 aliphatic rings. The fourth-order valence-corrected chi connectivity index (χ4v) is 2.88. The molecule has 0 atom stereocenters. The summed E-state index contributed by atoms with van der Waals surface area (Å²) in [6, 6.07) is 7.68. The maximum absolute atomic E-state index is 11.9. The molecule has 8 heteroatoms. The van der Waals surface area contributed by atoms with E-state index >= 15 is 0 Å². The van der Waals surface area contributed by atoms with E-state index in [1.54, 1.807) is 4.68 Å². The molecule has 0 bridgehead atoms. The topological polar surface area (TPSA) is 72.7 Å². The summed E-state index contributed by atoms with van der Waals surface area (Å²) in [5, 5.41) is 15.1. The smallest absolute Gasteiger partial charge is 0.234 e. The lowest BCUT2D eigenvalue weighted by Gasteiger charge is -2.07. The van der Waals surface area contributed by atoms with Crippen LogP contribution in [0.5, 0.6) is 0 Å². The number of hydrogen-bond donors (Lipinski definition) is 1. The number of rotatable bonds is 6. The third kappa shape index (κ3) is 5.27. The number of carbonyl (C=O) groups excluding carboxylic acids is 1. The Morgan fingerprint density at radius 1 is 1.48 bits per heavy atom. The largest absolute Gasteiger partial charge is 0.325 e. The molecule has 0 saturated carbocycles. The molecule has 2 rings (SSSR count). The Balaban J connectivity index is 1.88. The Morgan fingerprint density at radius 2 is 2.29 bits per heavy atom. The molecule has 112 valence electrons. The quantitative estimate of drug-likeness (QED) is 0.578. The Labute approximate surface area is 141 Å². The van der Waals surface area contributed by atoms with E-state index in [0.717, 1.165) is 15.8 Å². The molecule has 0 radical (unpaired) electrons. The lowest BCUT2D eigenvalue weighted by atomic mass is 10.2.